The number of aliphatic hydroxyl groups is 1. The Morgan fingerprint density at radius 1 is 1.09 bits per heavy atom. The number of halogens is 5. The van der Waals surface area contributed by atoms with Crippen LogP contribution in [0.2, 0.25) is 0 Å². The zero-order valence-corrected chi connectivity index (χ0v) is 20.2. The molecule has 0 radical (unpaired) electrons. The molecule has 4 aromatic rings. The first kappa shape index (κ1) is 27.1. The van der Waals surface area contributed by atoms with Gasteiger partial charge in [-0.3, -0.25) is 9.30 Å². The van der Waals surface area contributed by atoms with E-state index in [1.165, 1.54) is 17.2 Å². The summed E-state index contributed by atoms with van der Waals surface area (Å²) in [6.07, 6.45) is -1.96. The van der Waals surface area contributed by atoms with Gasteiger partial charge in [0.1, 0.15) is 11.7 Å². The minimum absolute atomic E-state index is 0. The quantitative estimate of drug-likeness (QED) is 0.407. The average Bonchev–Trinajstić information content (AvgIpc) is 3.38. The van der Waals surface area contributed by atoms with Crippen molar-refractivity contribution in [2.45, 2.75) is 31.1 Å². The standard InChI is InChI=1S/C23H23F3N6O.2ClH/c24-23(25,26)21(31-9-7-17(27)13-31)16-4-6-20-29-30-22(32(20)12-16)18-5-3-15-2-1-14(8-10-33)11-19(15)28-18;;/h1-6,11-12,17,21,33H,7-10,13,27H2;2*1H/t17-,21+;;/m0../s1. The molecule has 3 N–H and O–H groups in total. The van der Waals surface area contributed by atoms with E-state index in [0.717, 1.165) is 10.9 Å². The van der Waals surface area contributed by atoms with Crippen LogP contribution < -0.4 is 5.73 Å². The summed E-state index contributed by atoms with van der Waals surface area (Å²) in [5.41, 5.74) is 8.58. The lowest BCUT2D eigenvalue weighted by atomic mass is 10.1. The Morgan fingerprint density at radius 2 is 1.86 bits per heavy atom. The second kappa shape index (κ2) is 10.6. The van der Waals surface area contributed by atoms with E-state index in [1.54, 1.807) is 16.5 Å². The Hall–Kier alpha value is -2.50. The van der Waals surface area contributed by atoms with E-state index < -0.39 is 12.2 Å². The molecule has 0 aliphatic carbocycles. The molecule has 7 nitrogen and oxygen atoms in total. The molecular weight excluding hydrogens is 504 g/mol. The lowest BCUT2D eigenvalue weighted by Crippen LogP contribution is -2.38. The molecule has 5 rings (SSSR count). The predicted octanol–water partition coefficient (Wildman–Crippen LogP) is 3.96. The summed E-state index contributed by atoms with van der Waals surface area (Å²) in [7, 11) is 0. The van der Waals surface area contributed by atoms with Gasteiger partial charge in [-0.2, -0.15) is 13.2 Å². The zero-order chi connectivity index (χ0) is 23.2. The fourth-order valence-electron chi connectivity index (χ4n) is 4.47. The largest absolute Gasteiger partial charge is 0.408 e. The molecule has 35 heavy (non-hydrogen) atoms. The summed E-state index contributed by atoms with van der Waals surface area (Å²) in [6.45, 7) is 0.519. The van der Waals surface area contributed by atoms with Gasteiger partial charge in [-0.25, -0.2) is 4.98 Å². The lowest BCUT2D eigenvalue weighted by Gasteiger charge is -2.30. The maximum Gasteiger partial charge on any atom is 0.408 e. The molecule has 1 aromatic carbocycles. The van der Waals surface area contributed by atoms with Gasteiger partial charge >= 0.3 is 6.18 Å². The van der Waals surface area contributed by atoms with Crippen molar-refractivity contribution in [3.63, 3.8) is 0 Å². The molecule has 0 spiro atoms. The Labute approximate surface area is 212 Å². The maximum absolute atomic E-state index is 14.1. The van der Waals surface area contributed by atoms with E-state index in [2.05, 4.69) is 15.2 Å². The summed E-state index contributed by atoms with van der Waals surface area (Å²) in [4.78, 5) is 6.05. The Morgan fingerprint density at radius 3 is 2.54 bits per heavy atom. The van der Waals surface area contributed by atoms with Crippen LogP contribution >= 0.6 is 24.8 Å². The number of hydrogen-bond donors (Lipinski definition) is 2. The highest BCUT2D eigenvalue weighted by Gasteiger charge is 2.46. The molecule has 0 saturated carbocycles. The number of alkyl halides is 3. The summed E-state index contributed by atoms with van der Waals surface area (Å²) < 4.78 is 43.7. The van der Waals surface area contributed by atoms with Crippen molar-refractivity contribution in [2.75, 3.05) is 19.7 Å². The summed E-state index contributed by atoms with van der Waals surface area (Å²) >= 11 is 0. The fourth-order valence-corrected chi connectivity index (χ4v) is 4.47. The van der Waals surface area contributed by atoms with Gasteiger partial charge in [0, 0.05) is 37.3 Å². The number of fused-ring (bicyclic) bond motifs is 2. The maximum atomic E-state index is 14.1. The van der Waals surface area contributed by atoms with E-state index in [-0.39, 0.29) is 49.6 Å². The van der Waals surface area contributed by atoms with Crippen LogP contribution in [0.5, 0.6) is 0 Å². The van der Waals surface area contributed by atoms with E-state index in [4.69, 9.17) is 5.73 Å². The number of aliphatic hydroxyl groups excluding tert-OH is 1. The van der Waals surface area contributed by atoms with Crippen molar-refractivity contribution in [3.8, 4) is 11.5 Å². The predicted molar refractivity (Wildman–Crippen MR) is 132 cm³/mol. The summed E-state index contributed by atoms with van der Waals surface area (Å²) in [6, 6.07) is 10.4. The minimum atomic E-state index is -4.45. The van der Waals surface area contributed by atoms with Crippen LogP contribution in [0.4, 0.5) is 13.2 Å². The minimum Gasteiger partial charge on any atom is -0.396 e. The Balaban J connectivity index is 0.00000171. The van der Waals surface area contributed by atoms with E-state index in [0.29, 0.717) is 42.1 Å². The van der Waals surface area contributed by atoms with Gasteiger partial charge in [-0.1, -0.05) is 24.3 Å². The second-order valence-corrected chi connectivity index (χ2v) is 8.40. The highest BCUT2D eigenvalue weighted by atomic mass is 35.5. The number of hydrogen-bond acceptors (Lipinski definition) is 6. The molecule has 0 bridgehead atoms. The van der Waals surface area contributed by atoms with Crippen LogP contribution in [0.3, 0.4) is 0 Å². The van der Waals surface area contributed by atoms with Gasteiger partial charge in [0.15, 0.2) is 11.5 Å². The van der Waals surface area contributed by atoms with Crippen molar-refractivity contribution in [1.82, 2.24) is 24.5 Å². The monoisotopic (exact) mass is 528 g/mol. The SMILES string of the molecule is Cl.Cl.N[C@H]1CCN([C@H](c2ccc3nnc(-c4ccc5ccc(CCO)cc5n4)n3c2)C(F)(F)F)C1. The smallest absolute Gasteiger partial charge is 0.396 e. The Bertz CT molecular complexity index is 1320. The first-order valence-electron chi connectivity index (χ1n) is 10.8. The molecule has 0 amide bonds. The summed E-state index contributed by atoms with van der Waals surface area (Å²) in [5.74, 6) is 0.361. The van der Waals surface area contributed by atoms with E-state index in [9.17, 15) is 18.3 Å². The molecule has 1 fully saturated rings. The number of likely N-dealkylation sites (tertiary alicyclic amines) is 1. The van der Waals surface area contributed by atoms with Gasteiger partial charge in [0.05, 0.1) is 5.52 Å². The zero-order valence-electron chi connectivity index (χ0n) is 18.5. The lowest BCUT2D eigenvalue weighted by molar-refractivity contribution is -0.183. The van der Waals surface area contributed by atoms with Gasteiger partial charge in [-0.15, -0.1) is 35.0 Å². The van der Waals surface area contributed by atoms with Crippen LogP contribution in [-0.4, -0.2) is 61.5 Å². The van der Waals surface area contributed by atoms with Crippen LogP contribution in [0.1, 0.15) is 23.6 Å². The molecule has 12 heteroatoms. The third-order valence-corrected chi connectivity index (χ3v) is 6.06. The van der Waals surface area contributed by atoms with Gasteiger partial charge in [-0.05, 0) is 42.2 Å². The first-order valence-corrected chi connectivity index (χ1v) is 10.8. The molecule has 188 valence electrons. The van der Waals surface area contributed by atoms with Crippen molar-refractivity contribution >= 4 is 41.4 Å². The number of nitrogens with two attached hydrogens (primary N) is 1. The van der Waals surface area contributed by atoms with Gasteiger partial charge in [0.2, 0.25) is 0 Å². The molecule has 4 heterocycles. The topological polar surface area (TPSA) is 92.6 Å². The molecule has 1 aliphatic heterocycles. The van der Waals surface area contributed by atoms with Crippen molar-refractivity contribution in [3.05, 3.63) is 59.8 Å². The van der Waals surface area contributed by atoms with Crippen LogP contribution in [-0.2, 0) is 6.42 Å². The van der Waals surface area contributed by atoms with E-state index in [1.807, 2.05) is 24.3 Å². The number of pyridine rings is 2. The number of benzene rings is 1. The third-order valence-electron chi connectivity index (χ3n) is 6.06. The third kappa shape index (κ3) is 5.36. The molecular formula is C23H25Cl2F3N6O. The summed E-state index contributed by atoms with van der Waals surface area (Å²) in [5, 5.41) is 18.4. The fraction of sp³-hybridized carbons (Fsp3) is 0.348. The van der Waals surface area contributed by atoms with Gasteiger partial charge in [0.25, 0.3) is 0 Å². The highest BCUT2D eigenvalue weighted by Crippen LogP contribution is 2.39. The average molecular weight is 529 g/mol. The molecule has 2 atom stereocenters. The van der Waals surface area contributed by atoms with Crippen LogP contribution in [0, 0.1) is 0 Å². The normalized spacial score (nSPS) is 17.3. The Kier molecular flexibility index (Phi) is 8.23. The second-order valence-electron chi connectivity index (χ2n) is 8.40. The molecule has 1 aliphatic rings. The molecule has 3 aromatic heterocycles. The first-order chi connectivity index (χ1) is 15.8. The van der Waals surface area contributed by atoms with Crippen molar-refractivity contribution < 1.29 is 18.3 Å². The van der Waals surface area contributed by atoms with Crippen LogP contribution in [0.25, 0.3) is 28.1 Å². The molecule has 0 unspecified atom stereocenters. The van der Waals surface area contributed by atoms with Crippen molar-refractivity contribution in [1.29, 1.82) is 0 Å². The van der Waals surface area contributed by atoms with E-state index >= 15 is 0 Å². The number of nitrogens with zero attached hydrogens (tertiary/aromatic N) is 5. The number of aromatic nitrogens is 4. The van der Waals surface area contributed by atoms with Crippen LogP contribution in [0.15, 0.2) is 48.7 Å². The highest BCUT2D eigenvalue weighted by molar-refractivity contribution is 5.85. The van der Waals surface area contributed by atoms with Crippen molar-refractivity contribution in [2.24, 2.45) is 5.73 Å². The number of rotatable bonds is 5. The van der Waals surface area contributed by atoms with Gasteiger partial charge < -0.3 is 10.8 Å². The molecule has 1 saturated heterocycles.